The molecule has 2 aromatic rings. The van der Waals surface area contributed by atoms with Crippen LogP contribution in [0, 0.1) is 0 Å². The minimum Gasteiger partial charge on any atom is -0.282 e. The molecule has 0 aliphatic carbocycles. The number of unbranched alkanes of at least 4 members (excludes halogenated alkanes) is 30. The number of aryl methyl sites for hydroxylation is 2. The third-order valence-corrected chi connectivity index (χ3v) is 11.8. The van der Waals surface area contributed by atoms with Gasteiger partial charge in [-0.2, -0.15) is 8.42 Å². The summed E-state index contributed by atoms with van der Waals surface area (Å²) in [7, 11) is -4.24. The van der Waals surface area contributed by atoms with Gasteiger partial charge in [0, 0.05) is 0 Å². The molecule has 50 heavy (non-hydrogen) atoms. The Balaban J connectivity index is 1.59. The molecule has 0 unspecified atom stereocenters. The van der Waals surface area contributed by atoms with E-state index in [0.717, 1.165) is 35.6 Å². The number of rotatable bonds is 35. The van der Waals surface area contributed by atoms with Gasteiger partial charge in [0.1, 0.15) is 0 Å². The van der Waals surface area contributed by atoms with E-state index >= 15 is 0 Å². The lowest BCUT2D eigenvalue weighted by Gasteiger charge is -2.11. The van der Waals surface area contributed by atoms with Gasteiger partial charge in [-0.05, 0) is 59.7 Å². The molecule has 3 nitrogen and oxygen atoms in total. The van der Waals surface area contributed by atoms with Crippen molar-refractivity contribution in [3.05, 3.63) is 41.5 Å². The van der Waals surface area contributed by atoms with E-state index in [1.807, 2.05) is 0 Å². The number of fused-ring (bicyclic) bond motifs is 1. The predicted octanol–water partition coefficient (Wildman–Crippen LogP) is 15.7. The predicted molar refractivity (Wildman–Crippen MR) is 220 cm³/mol. The molecule has 0 heterocycles. The van der Waals surface area contributed by atoms with Gasteiger partial charge in [0.2, 0.25) is 0 Å². The van der Waals surface area contributed by atoms with E-state index in [1.54, 1.807) is 12.1 Å². The van der Waals surface area contributed by atoms with E-state index in [9.17, 15) is 13.0 Å². The van der Waals surface area contributed by atoms with Gasteiger partial charge in [0.15, 0.2) is 0 Å². The lowest BCUT2D eigenvalue weighted by atomic mass is 9.96. The average Bonchev–Trinajstić information content (AvgIpc) is 3.10. The molecule has 0 fully saturated rings. The van der Waals surface area contributed by atoms with E-state index in [2.05, 4.69) is 32.0 Å². The minimum atomic E-state index is -4.24. The number of benzene rings is 2. The Morgan fingerprint density at radius 3 is 1.12 bits per heavy atom. The largest absolute Gasteiger partial charge is 0.294 e. The fraction of sp³-hybridized carbons (Fsp3) is 0.783. The Bertz CT molecular complexity index is 1190. The Labute approximate surface area is 311 Å². The highest BCUT2D eigenvalue weighted by Crippen LogP contribution is 2.28. The van der Waals surface area contributed by atoms with Crippen molar-refractivity contribution >= 4 is 20.9 Å². The summed E-state index contributed by atoms with van der Waals surface area (Å²) in [5.74, 6) is 0. The molecule has 0 saturated carbocycles. The van der Waals surface area contributed by atoms with Crippen LogP contribution in [-0.4, -0.2) is 13.0 Å². The number of hydrogen-bond acceptors (Lipinski definition) is 2. The van der Waals surface area contributed by atoms with Crippen LogP contribution >= 0.6 is 0 Å². The van der Waals surface area contributed by atoms with E-state index in [0.29, 0.717) is 0 Å². The summed E-state index contributed by atoms with van der Waals surface area (Å²) in [6.45, 7) is 4.57. The molecule has 0 aromatic heterocycles. The summed E-state index contributed by atoms with van der Waals surface area (Å²) in [6, 6.07) is 9.95. The molecule has 2 aromatic carbocycles. The van der Waals surface area contributed by atoms with Crippen molar-refractivity contribution in [1.29, 1.82) is 0 Å². The zero-order chi connectivity index (χ0) is 36.0. The van der Waals surface area contributed by atoms with Crippen molar-refractivity contribution in [2.24, 2.45) is 0 Å². The van der Waals surface area contributed by atoms with Crippen molar-refractivity contribution < 1.29 is 13.0 Å². The molecule has 4 heteroatoms. The second-order valence-electron chi connectivity index (χ2n) is 15.7. The van der Waals surface area contributed by atoms with Crippen LogP contribution in [0.25, 0.3) is 10.8 Å². The molecular formula is C46H80O3S. The molecule has 0 radical (unpaired) electrons. The molecule has 0 saturated heterocycles. The van der Waals surface area contributed by atoms with Gasteiger partial charge < -0.3 is 0 Å². The maximum atomic E-state index is 12.1. The summed E-state index contributed by atoms with van der Waals surface area (Å²) < 4.78 is 34.1. The minimum absolute atomic E-state index is 0.0380. The monoisotopic (exact) mass is 713 g/mol. The fourth-order valence-corrected chi connectivity index (χ4v) is 8.29. The zero-order valence-electron chi connectivity index (χ0n) is 33.1. The molecule has 288 valence electrons. The van der Waals surface area contributed by atoms with Crippen LogP contribution < -0.4 is 0 Å². The summed E-state index contributed by atoms with van der Waals surface area (Å²) >= 11 is 0. The Hall–Kier alpha value is -1.39. The number of hydrogen-bond donors (Lipinski definition) is 1. The smallest absolute Gasteiger partial charge is 0.282 e. The van der Waals surface area contributed by atoms with Crippen molar-refractivity contribution in [1.82, 2.24) is 0 Å². The van der Waals surface area contributed by atoms with Gasteiger partial charge >= 0.3 is 0 Å². The first-order valence-electron chi connectivity index (χ1n) is 22.0. The highest BCUT2D eigenvalue weighted by molar-refractivity contribution is 7.85. The zero-order valence-corrected chi connectivity index (χ0v) is 33.9. The SMILES string of the molecule is CCCCCCCCCCCCCCCCCCc1ccc2c(CCCCCCCCCCCCCCCCCC)cc(S(=O)(=O)O)cc2c1. The van der Waals surface area contributed by atoms with Gasteiger partial charge in [-0.1, -0.05) is 225 Å². The van der Waals surface area contributed by atoms with E-state index < -0.39 is 10.1 Å². The summed E-state index contributed by atoms with van der Waals surface area (Å²) in [5.41, 5.74) is 2.32. The van der Waals surface area contributed by atoms with Crippen LogP contribution in [-0.2, 0) is 23.0 Å². The molecule has 0 atom stereocenters. The van der Waals surface area contributed by atoms with E-state index in [1.165, 1.54) is 205 Å². The molecule has 0 amide bonds. The molecular weight excluding hydrogens is 633 g/mol. The molecule has 0 bridgehead atoms. The fourth-order valence-electron chi connectivity index (χ4n) is 7.72. The van der Waals surface area contributed by atoms with Gasteiger partial charge in [0.05, 0.1) is 4.90 Å². The second-order valence-corrected chi connectivity index (χ2v) is 17.1. The first-order chi connectivity index (χ1) is 24.5. The standard InChI is InChI=1S/C46H80O3S/c1-3-5-7-9-11-13-15-17-19-21-23-25-27-29-31-33-35-42-37-38-46-43(40-45(50(47,48)49)41-44(46)39-42)36-34-32-30-28-26-24-22-20-18-16-14-12-10-8-6-4-2/h37-41H,3-36H2,1-2H3,(H,47,48,49). The van der Waals surface area contributed by atoms with Crippen LogP contribution in [0.2, 0.25) is 0 Å². The van der Waals surface area contributed by atoms with E-state index in [4.69, 9.17) is 0 Å². The van der Waals surface area contributed by atoms with Crippen molar-refractivity contribution in [3.8, 4) is 0 Å². The quantitative estimate of drug-likeness (QED) is 0.0572. The maximum Gasteiger partial charge on any atom is 0.294 e. The van der Waals surface area contributed by atoms with E-state index in [-0.39, 0.29) is 4.90 Å². The topological polar surface area (TPSA) is 54.4 Å². The first-order valence-corrected chi connectivity index (χ1v) is 23.4. The van der Waals surface area contributed by atoms with Crippen LogP contribution in [0.5, 0.6) is 0 Å². The van der Waals surface area contributed by atoms with Crippen LogP contribution in [0.4, 0.5) is 0 Å². The van der Waals surface area contributed by atoms with Crippen LogP contribution in [0.1, 0.15) is 230 Å². The van der Waals surface area contributed by atoms with Gasteiger partial charge in [-0.25, -0.2) is 0 Å². The molecule has 0 spiro atoms. The van der Waals surface area contributed by atoms with Gasteiger partial charge in [-0.3, -0.25) is 4.55 Å². The van der Waals surface area contributed by atoms with Gasteiger partial charge in [-0.15, -0.1) is 0 Å². The lowest BCUT2D eigenvalue weighted by Crippen LogP contribution is -2.01. The maximum absolute atomic E-state index is 12.1. The Morgan fingerprint density at radius 2 is 0.760 bits per heavy atom. The normalized spacial score (nSPS) is 12.0. The average molecular weight is 713 g/mol. The molecule has 1 N–H and O–H groups in total. The third kappa shape index (κ3) is 22.5. The highest BCUT2D eigenvalue weighted by Gasteiger charge is 2.14. The first kappa shape index (κ1) is 44.8. The summed E-state index contributed by atoms with van der Waals surface area (Å²) in [4.78, 5) is 0.0380. The Morgan fingerprint density at radius 1 is 0.420 bits per heavy atom. The molecule has 2 rings (SSSR count). The van der Waals surface area contributed by atoms with Crippen LogP contribution in [0.3, 0.4) is 0 Å². The van der Waals surface area contributed by atoms with Crippen LogP contribution in [0.15, 0.2) is 35.2 Å². The lowest BCUT2D eigenvalue weighted by molar-refractivity contribution is 0.483. The summed E-state index contributed by atoms with van der Waals surface area (Å²) in [5, 5.41) is 2.08. The Kier molecular flexibility index (Phi) is 27.0. The van der Waals surface area contributed by atoms with Gasteiger partial charge in [0.25, 0.3) is 10.1 Å². The van der Waals surface area contributed by atoms with Crippen molar-refractivity contribution in [2.75, 3.05) is 0 Å². The molecule has 0 aliphatic heterocycles. The second kappa shape index (κ2) is 30.1. The molecule has 0 aliphatic rings. The summed E-state index contributed by atoms with van der Waals surface area (Å²) in [6.07, 6.45) is 45.4. The highest BCUT2D eigenvalue weighted by atomic mass is 32.2. The third-order valence-electron chi connectivity index (χ3n) is 11.0. The van der Waals surface area contributed by atoms with Crippen molar-refractivity contribution in [2.45, 2.75) is 237 Å². The van der Waals surface area contributed by atoms with Crippen molar-refractivity contribution in [3.63, 3.8) is 0 Å².